The molecule has 0 aliphatic heterocycles. The molecule has 1 aromatic heterocycles. The maximum absolute atomic E-state index is 12.0. The Morgan fingerprint density at radius 3 is 2.44 bits per heavy atom. The quantitative estimate of drug-likeness (QED) is 0.734. The molecule has 0 bridgehead atoms. The number of aromatic nitrogens is 2. The molecule has 0 saturated carbocycles. The second kappa shape index (κ2) is 7.35. The summed E-state index contributed by atoms with van der Waals surface area (Å²) in [4.78, 5) is 3.93. The lowest BCUT2D eigenvalue weighted by molar-refractivity contribution is -0.134. The van der Waals surface area contributed by atoms with E-state index in [9.17, 15) is 13.2 Å². The average Bonchev–Trinajstić information content (AvgIpc) is 2.73. The van der Waals surface area contributed by atoms with E-state index >= 15 is 0 Å². The second-order valence-corrected chi connectivity index (χ2v) is 4.17. The third-order valence-corrected chi connectivity index (χ3v) is 2.49. The SMILES string of the molecule is NCCCCCCc1nc(CCC(F)(F)F)no1. The molecule has 104 valence electrons. The minimum absolute atomic E-state index is 0.129. The first-order valence-electron chi connectivity index (χ1n) is 6.09. The monoisotopic (exact) mass is 265 g/mol. The smallest absolute Gasteiger partial charge is 0.339 e. The maximum Gasteiger partial charge on any atom is 0.389 e. The van der Waals surface area contributed by atoms with E-state index in [2.05, 4.69) is 10.1 Å². The summed E-state index contributed by atoms with van der Waals surface area (Å²) in [7, 11) is 0. The second-order valence-electron chi connectivity index (χ2n) is 4.17. The normalized spacial score (nSPS) is 12.0. The number of aryl methyl sites for hydroxylation is 2. The van der Waals surface area contributed by atoms with Crippen molar-refractivity contribution in [2.75, 3.05) is 6.54 Å². The summed E-state index contributed by atoms with van der Waals surface area (Å²) >= 11 is 0. The van der Waals surface area contributed by atoms with Crippen LogP contribution in [0.25, 0.3) is 0 Å². The van der Waals surface area contributed by atoms with E-state index in [0.29, 0.717) is 18.9 Å². The first-order chi connectivity index (χ1) is 8.51. The molecule has 0 aliphatic carbocycles. The molecule has 1 heterocycles. The number of alkyl halides is 3. The zero-order chi connectivity index (χ0) is 13.4. The lowest BCUT2D eigenvalue weighted by Gasteiger charge is -2.01. The predicted molar refractivity (Wildman–Crippen MR) is 59.9 cm³/mol. The summed E-state index contributed by atoms with van der Waals surface area (Å²) in [6.45, 7) is 0.683. The van der Waals surface area contributed by atoms with E-state index in [4.69, 9.17) is 10.3 Å². The fraction of sp³-hybridized carbons (Fsp3) is 0.818. The molecule has 0 unspecified atom stereocenters. The van der Waals surface area contributed by atoms with Crippen LogP contribution in [0, 0.1) is 0 Å². The summed E-state index contributed by atoms with van der Waals surface area (Å²) in [5, 5.41) is 3.53. The Morgan fingerprint density at radius 2 is 1.78 bits per heavy atom. The molecule has 0 aromatic carbocycles. The molecule has 1 rings (SSSR count). The van der Waals surface area contributed by atoms with Crippen LogP contribution < -0.4 is 5.73 Å². The van der Waals surface area contributed by atoms with E-state index in [1.807, 2.05) is 0 Å². The van der Waals surface area contributed by atoms with E-state index in [1.165, 1.54) is 0 Å². The molecule has 2 N–H and O–H groups in total. The van der Waals surface area contributed by atoms with Crippen LogP contribution in [-0.2, 0) is 12.8 Å². The van der Waals surface area contributed by atoms with Crippen LogP contribution in [-0.4, -0.2) is 22.9 Å². The van der Waals surface area contributed by atoms with Gasteiger partial charge in [-0.15, -0.1) is 0 Å². The van der Waals surface area contributed by atoms with Gasteiger partial charge in [-0.2, -0.15) is 18.2 Å². The van der Waals surface area contributed by atoms with Crippen LogP contribution in [0.5, 0.6) is 0 Å². The van der Waals surface area contributed by atoms with Crippen LogP contribution in [0.4, 0.5) is 13.2 Å². The van der Waals surface area contributed by atoms with Gasteiger partial charge in [0.15, 0.2) is 5.82 Å². The van der Waals surface area contributed by atoms with Crippen molar-refractivity contribution in [2.24, 2.45) is 5.73 Å². The number of halogens is 3. The van der Waals surface area contributed by atoms with E-state index in [1.54, 1.807) is 0 Å². The molecular formula is C11H18F3N3O. The van der Waals surface area contributed by atoms with Crippen molar-refractivity contribution in [3.05, 3.63) is 11.7 Å². The molecule has 18 heavy (non-hydrogen) atoms. The van der Waals surface area contributed by atoms with Crippen LogP contribution in [0.1, 0.15) is 43.8 Å². The molecule has 4 nitrogen and oxygen atoms in total. The van der Waals surface area contributed by atoms with Gasteiger partial charge in [0.05, 0.1) is 6.42 Å². The molecule has 0 atom stereocenters. The zero-order valence-corrected chi connectivity index (χ0v) is 10.2. The third-order valence-electron chi connectivity index (χ3n) is 2.49. The first-order valence-corrected chi connectivity index (χ1v) is 6.09. The predicted octanol–water partition coefficient (Wildman–Crippen LogP) is 2.63. The van der Waals surface area contributed by atoms with Crippen molar-refractivity contribution in [3.8, 4) is 0 Å². The van der Waals surface area contributed by atoms with Crippen LogP contribution in [0.3, 0.4) is 0 Å². The average molecular weight is 265 g/mol. The molecule has 0 fully saturated rings. The number of hydrogen-bond donors (Lipinski definition) is 1. The fourth-order valence-corrected chi connectivity index (χ4v) is 1.52. The lowest BCUT2D eigenvalue weighted by atomic mass is 10.1. The van der Waals surface area contributed by atoms with Crippen molar-refractivity contribution >= 4 is 0 Å². The van der Waals surface area contributed by atoms with Gasteiger partial charge in [0.1, 0.15) is 0 Å². The highest BCUT2D eigenvalue weighted by Gasteiger charge is 2.27. The van der Waals surface area contributed by atoms with Crippen LogP contribution in [0.2, 0.25) is 0 Å². The highest BCUT2D eigenvalue weighted by atomic mass is 19.4. The van der Waals surface area contributed by atoms with Crippen molar-refractivity contribution in [1.82, 2.24) is 10.1 Å². The Kier molecular flexibility index (Phi) is 6.11. The van der Waals surface area contributed by atoms with E-state index < -0.39 is 12.6 Å². The Bertz CT molecular complexity index is 339. The molecule has 0 aliphatic rings. The van der Waals surface area contributed by atoms with Gasteiger partial charge < -0.3 is 10.3 Å². The summed E-state index contributed by atoms with van der Waals surface area (Å²) in [6, 6.07) is 0. The summed E-state index contributed by atoms with van der Waals surface area (Å²) in [5.41, 5.74) is 5.36. The summed E-state index contributed by atoms with van der Waals surface area (Å²) in [5.74, 6) is 0.546. The molecular weight excluding hydrogens is 247 g/mol. The lowest BCUT2D eigenvalue weighted by Crippen LogP contribution is -2.09. The highest BCUT2D eigenvalue weighted by Crippen LogP contribution is 2.21. The van der Waals surface area contributed by atoms with Gasteiger partial charge >= 0.3 is 6.18 Å². The number of nitrogens with zero attached hydrogens (tertiary/aromatic N) is 2. The van der Waals surface area contributed by atoms with Crippen molar-refractivity contribution in [1.29, 1.82) is 0 Å². The molecule has 1 aromatic rings. The van der Waals surface area contributed by atoms with Gasteiger partial charge in [0.25, 0.3) is 0 Å². The van der Waals surface area contributed by atoms with Gasteiger partial charge in [0, 0.05) is 12.8 Å². The van der Waals surface area contributed by atoms with Gasteiger partial charge in [0.2, 0.25) is 5.89 Å². The van der Waals surface area contributed by atoms with Gasteiger partial charge in [-0.05, 0) is 19.4 Å². The highest BCUT2D eigenvalue weighted by molar-refractivity contribution is 4.87. The summed E-state index contributed by atoms with van der Waals surface area (Å²) in [6.07, 6.45) is -0.764. The third kappa shape index (κ3) is 6.58. The van der Waals surface area contributed by atoms with Gasteiger partial charge in [-0.25, -0.2) is 0 Å². The molecule has 0 spiro atoms. The van der Waals surface area contributed by atoms with Crippen molar-refractivity contribution in [2.45, 2.75) is 51.1 Å². The Morgan fingerprint density at radius 1 is 1.06 bits per heavy atom. The van der Waals surface area contributed by atoms with Crippen LogP contribution in [0.15, 0.2) is 4.52 Å². The maximum atomic E-state index is 12.0. The molecule has 0 radical (unpaired) electrons. The summed E-state index contributed by atoms with van der Waals surface area (Å²) < 4.78 is 40.8. The fourth-order valence-electron chi connectivity index (χ4n) is 1.52. The largest absolute Gasteiger partial charge is 0.389 e. The topological polar surface area (TPSA) is 64.9 Å². The Labute approximate surface area is 104 Å². The minimum Gasteiger partial charge on any atom is -0.339 e. The minimum atomic E-state index is -4.18. The van der Waals surface area contributed by atoms with Crippen LogP contribution >= 0.6 is 0 Å². The molecule has 0 amide bonds. The number of nitrogens with two attached hydrogens (primary N) is 1. The molecule has 7 heteroatoms. The Hall–Kier alpha value is -1.11. The standard InChI is InChI=1S/C11H18F3N3O/c12-11(13,14)7-6-9-16-10(18-17-9)5-3-1-2-4-8-15/h1-8,15H2. The molecule has 0 saturated heterocycles. The first kappa shape index (κ1) is 14.9. The Balaban J connectivity index is 2.22. The van der Waals surface area contributed by atoms with E-state index in [-0.39, 0.29) is 12.2 Å². The van der Waals surface area contributed by atoms with Gasteiger partial charge in [-0.1, -0.05) is 18.0 Å². The number of unbranched alkanes of at least 4 members (excludes halogenated alkanes) is 3. The van der Waals surface area contributed by atoms with Gasteiger partial charge in [-0.3, -0.25) is 0 Å². The van der Waals surface area contributed by atoms with E-state index in [0.717, 1.165) is 25.7 Å². The number of rotatable bonds is 8. The zero-order valence-electron chi connectivity index (χ0n) is 10.2. The number of hydrogen-bond acceptors (Lipinski definition) is 4. The van der Waals surface area contributed by atoms with Crippen molar-refractivity contribution in [3.63, 3.8) is 0 Å². The van der Waals surface area contributed by atoms with Crippen molar-refractivity contribution < 1.29 is 17.7 Å².